The summed E-state index contributed by atoms with van der Waals surface area (Å²) < 4.78 is 63.3. The Morgan fingerprint density at radius 2 is 1.93 bits per heavy atom. The molecule has 1 N–H and O–H groups in total. The first kappa shape index (κ1) is 20.7. The van der Waals surface area contributed by atoms with Crippen molar-refractivity contribution in [3.63, 3.8) is 0 Å². The Hall–Kier alpha value is -2.56. The van der Waals surface area contributed by atoms with E-state index in [1.807, 2.05) is 0 Å². The number of ether oxygens (including phenoxy) is 1. The van der Waals surface area contributed by atoms with Crippen LogP contribution in [-0.4, -0.2) is 18.2 Å². The van der Waals surface area contributed by atoms with Gasteiger partial charge in [-0.1, -0.05) is 41.6 Å². The molecule has 1 heterocycles. The molecule has 2 aliphatic rings. The van der Waals surface area contributed by atoms with Gasteiger partial charge in [0.05, 0.1) is 6.61 Å². The highest BCUT2D eigenvalue weighted by Gasteiger charge is 2.65. The van der Waals surface area contributed by atoms with Crippen LogP contribution in [0.5, 0.6) is 0 Å². The standard InChI is InChI=1S/C22H16ClF4NO2/c23-15-7-8-18-16(11-15)21(22(25,26)27,10-9-13-5-6-13)19(20(29)28-18)30-12-14-3-1-2-4-17(14)24/h1-4,7-8,11,13,19H,5-6,12H2,(H,28,29)/t19-,21-/m0/s1. The van der Waals surface area contributed by atoms with Gasteiger partial charge < -0.3 is 10.1 Å². The van der Waals surface area contributed by atoms with E-state index in [-0.39, 0.29) is 27.8 Å². The van der Waals surface area contributed by atoms with Crippen LogP contribution in [0.15, 0.2) is 42.5 Å². The molecular weight excluding hydrogens is 422 g/mol. The molecule has 0 bridgehead atoms. The Balaban J connectivity index is 1.84. The summed E-state index contributed by atoms with van der Waals surface area (Å²) in [5, 5.41) is 2.50. The molecule has 1 amide bonds. The Bertz CT molecular complexity index is 1060. The number of alkyl halides is 3. The second-order valence-electron chi connectivity index (χ2n) is 7.31. The molecule has 1 aliphatic heterocycles. The fourth-order valence-corrected chi connectivity index (χ4v) is 3.60. The Morgan fingerprint density at radius 1 is 1.20 bits per heavy atom. The lowest BCUT2D eigenvalue weighted by molar-refractivity contribution is -0.208. The average molecular weight is 438 g/mol. The van der Waals surface area contributed by atoms with Crippen LogP contribution >= 0.6 is 11.6 Å². The molecule has 1 fully saturated rings. The Morgan fingerprint density at radius 3 is 2.60 bits per heavy atom. The maximum atomic E-state index is 14.6. The summed E-state index contributed by atoms with van der Waals surface area (Å²) in [4.78, 5) is 12.7. The minimum atomic E-state index is -4.95. The van der Waals surface area contributed by atoms with Crippen molar-refractivity contribution in [2.45, 2.75) is 37.1 Å². The molecule has 1 saturated carbocycles. The molecule has 30 heavy (non-hydrogen) atoms. The second-order valence-corrected chi connectivity index (χ2v) is 7.75. The largest absolute Gasteiger partial charge is 0.412 e. The lowest BCUT2D eigenvalue weighted by Crippen LogP contribution is -2.59. The fourth-order valence-electron chi connectivity index (χ4n) is 3.43. The van der Waals surface area contributed by atoms with Gasteiger partial charge in [-0.2, -0.15) is 13.2 Å². The maximum absolute atomic E-state index is 14.6. The molecule has 156 valence electrons. The molecule has 4 rings (SSSR count). The first-order valence-electron chi connectivity index (χ1n) is 9.27. The normalized spacial score (nSPS) is 23.2. The molecule has 2 aromatic rings. The van der Waals surface area contributed by atoms with Crippen LogP contribution in [0.4, 0.5) is 23.2 Å². The van der Waals surface area contributed by atoms with Gasteiger partial charge in [-0.05, 0) is 37.1 Å². The fraction of sp³-hybridized carbons (Fsp3) is 0.318. The zero-order chi connectivity index (χ0) is 21.5. The molecule has 3 nitrogen and oxygen atoms in total. The van der Waals surface area contributed by atoms with Crippen LogP contribution in [0.2, 0.25) is 5.02 Å². The third-order valence-corrected chi connectivity index (χ3v) is 5.39. The third kappa shape index (κ3) is 3.66. The van der Waals surface area contributed by atoms with Gasteiger partial charge in [0.15, 0.2) is 11.5 Å². The van der Waals surface area contributed by atoms with Crippen LogP contribution in [-0.2, 0) is 21.6 Å². The summed E-state index contributed by atoms with van der Waals surface area (Å²) in [6.07, 6.45) is -5.58. The minimum absolute atomic E-state index is 0.0300. The number of carbonyl (C=O) groups excluding carboxylic acids is 1. The number of hydrogen-bond donors (Lipinski definition) is 1. The van der Waals surface area contributed by atoms with E-state index >= 15 is 0 Å². The van der Waals surface area contributed by atoms with E-state index in [9.17, 15) is 22.4 Å². The number of hydrogen-bond acceptors (Lipinski definition) is 2. The van der Waals surface area contributed by atoms with Crippen LogP contribution in [0.1, 0.15) is 24.0 Å². The van der Waals surface area contributed by atoms with Crippen molar-refractivity contribution in [1.29, 1.82) is 0 Å². The lowest BCUT2D eigenvalue weighted by Gasteiger charge is -2.41. The number of carbonyl (C=O) groups is 1. The number of nitrogens with one attached hydrogen (secondary N) is 1. The van der Waals surface area contributed by atoms with Crippen LogP contribution in [0.25, 0.3) is 0 Å². The molecule has 2 atom stereocenters. The molecule has 0 aromatic heterocycles. The number of amides is 1. The van der Waals surface area contributed by atoms with Crippen molar-refractivity contribution < 1.29 is 27.1 Å². The number of rotatable bonds is 3. The van der Waals surface area contributed by atoms with E-state index in [0.717, 1.165) is 6.07 Å². The molecular formula is C22H16ClF4NO2. The highest BCUT2D eigenvalue weighted by molar-refractivity contribution is 6.30. The average Bonchev–Trinajstić information content (AvgIpc) is 3.50. The highest BCUT2D eigenvalue weighted by Crippen LogP contribution is 2.51. The third-order valence-electron chi connectivity index (χ3n) is 5.16. The van der Waals surface area contributed by atoms with Crippen LogP contribution in [0.3, 0.4) is 0 Å². The molecule has 8 heteroatoms. The van der Waals surface area contributed by atoms with Gasteiger partial charge in [0, 0.05) is 27.8 Å². The molecule has 0 unspecified atom stereocenters. The summed E-state index contributed by atoms with van der Waals surface area (Å²) in [7, 11) is 0. The van der Waals surface area contributed by atoms with Crippen LogP contribution < -0.4 is 5.32 Å². The molecule has 1 aliphatic carbocycles. The van der Waals surface area contributed by atoms with E-state index < -0.39 is 36.0 Å². The molecule has 0 radical (unpaired) electrons. The topological polar surface area (TPSA) is 38.3 Å². The summed E-state index contributed by atoms with van der Waals surface area (Å²) >= 11 is 5.99. The maximum Gasteiger partial charge on any atom is 0.412 e. The van der Waals surface area contributed by atoms with Crippen LogP contribution in [0, 0.1) is 23.6 Å². The first-order chi connectivity index (χ1) is 14.2. The van der Waals surface area contributed by atoms with E-state index in [1.165, 1.54) is 36.4 Å². The van der Waals surface area contributed by atoms with E-state index in [1.54, 1.807) is 0 Å². The van der Waals surface area contributed by atoms with Crippen molar-refractivity contribution in [2.24, 2.45) is 5.92 Å². The summed E-state index contributed by atoms with van der Waals surface area (Å²) in [6, 6.07) is 9.36. The summed E-state index contributed by atoms with van der Waals surface area (Å²) in [5.41, 5.74) is -3.21. The number of anilines is 1. The smallest absolute Gasteiger partial charge is 0.361 e. The van der Waals surface area contributed by atoms with Crippen molar-refractivity contribution in [3.05, 3.63) is 64.4 Å². The molecule has 0 spiro atoms. The van der Waals surface area contributed by atoms with Gasteiger partial charge in [-0.25, -0.2) is 4.39 Å². The van der Waals surface area contributed by atoms with E-state index in [4.69, 9.17) is 16.3 Å². The number of fused-ring (bicyclic) bond motifs is 1. The quantitative estimate of drug-likeness (QED) is 0.527. The summed E-state index contributed by atoms with van der Waals surface area (Å²) in [5.74, 6) is 3.20. The highest BCUT2D eigenvalue weighted by atomic mass is 35.5. The predicted octanol–water partition coefficient (Wildman–Crippen LogP) is 5.23. The van der Waals surface area contributed by atoms with Gasteiger partial charge in [0.2, 0.25) is 0 Å². The van der Waals surface area contributed by atoms with Crippen molar-refractivity contribution >= 4 is 23.2 Å². The SMILES string of the molecule is O=C1Nc2ccc(Cl)cc2[C@](C#CC2CC2)(C(F)(F)F)[C@H]1OCc1ccccc1F. The van der Waals surface area contributed by atoms with E-state index in [0.29, 0.717) is 12.8 Å². The zero-order valence-corrected chi connectivity index (χ0v) is 16.3. The lowest BCUT2D eigenvalue weighted by atomic mass is 9.71. The van der Waals surface area contributed by atoms with E-state index in [2.05, 4.69) is 17.2 Å². The minimum Gasteiger partial charge on any atom is -0.361 e. The van der Waals surface area contributed by atoms with Crippen molar-refractivity contribution in [2.75, 3.05) is 5.32 Å². The second kappa shape index (κ2) is 7.60. The van der Waals surface area contributed by atoms with Gasteiger partial charge in [-0.15, -0.1) is 0 Å². The first-order valence-corrected chi connectivity index (χ1v) is 9.65. The van der Waals surface area contributed by atoms with Gasteiger partial charge >= 0.3 is 6.18 Å². The monoisotopic (exact) mass is 437 g/mol. The number of halogens is 5. The Labute approximate surface area is 175 Å². The molecule has 0 saturated heterocycles. The summed E-state index contributed by atoms with van der Waals surface area (Å²) in [6.45, 7) is -0.524. The van der Waals surface area contributed by atoms with Gasteiger partial charge in [-0.3, -0.25) is 4.79 Å². The predicted molar refractivity (Wildman–Crippen MR) is 103 cm³/mol. The van der Waals surface area contributed by atoms with Gasteiger partial charge in [0.25, 0.3) is 5.91 Å². The zero-order valence-electron chi connectivity index (χ0n) is 15.5. The molecule has 2 aromatic carbocycles. The number of benzene rings is 2. The Kier molecular flexibility index (Phi) is 5.25. The van der Waals surface area contributed by atoms with Crippen molar-refractivity contribution in [3.8, 4) is 11.8 Å². The van der Waals surface area contributed by atoms with Crippen molar-refractivity contribution in [1.82, 2.24) is 0 Å². The van der Waals surface area contributed by atoms with Gasteiger partial charge in [0.1, 0.15) is 5.82 Å².